The van der Waals surface area contributed by atoms with Crippen LogP contribution in [0.2, 0.25) is 0 Å². The summed E-state index contributed by atoms with van der Waals surface area (Å²) in [5.74, 6) is 0. The smallest absolute Gasteiger partial charge is 0.0698 e. The minimum absolute atomic E-state index is 0.407. The summed E-state index contributed by atoms with van der Waals surface area (Å²) in [5, 5.41) is 3.56. The van der Waals surface area contributed by atoms with E-state index in [0.717, 1.165) is 32.8 Å². The molecule has 0 radical (unpaired) electrons. The standard InChI is InChI=1S/C15H30N2O2/c1-3-16-12-15(6-9-19-10-7-15)13-17-8-4-5-14(11-17)18-2/h14,16H,3-13H2,1-2H3. The molecule has 1 unspecified atom stereocenters. The zero-order valence-corrected chi connectivity index (χ0v) is 12.6. The van der Waals surface area contributed by atoms with Gasteiger partial charge in [-0.15, -0.1) is 0 Å². The molecule has 2 fully saturated rings. The molecule has 1 N–H and O–H groups in total. The van der Waals surface area contributed by atoms with Gasteiger partial charge in [-0.05, 0) is 44.2 Å². The van der Waals surface area contributed by atoms with E-state index in [9.17, 15) is 0 Å². The van der Waals surface area contributed by atoms with Gasteiger partial charge >= 0.3 is 0 Å². The van der Waals surface area contributed by atoms with Gasteiger partial charge in [-0.2, -0.15) is 0 Å². The Kier molecular flexibility index (Phi) is 6.07. The second kappa shape index (κ2) is 7.58. The summed E-state index contributed by atoms with van der Waals surface area (Å²) in [6.45, 7) is 9.75. The van der Waals surface area contributed by atoms with E-state index in [0.29, 0.717) is 11.5 Å². The summed E-state index contributed by atoms with van der Waals surface area (Å²) >= 11 is 0. The van der Waals surface area contributed by atoms with Gasteiger partial charge in [0.15, 0.2) is 0 Å². The van der Waals surface area contributed by atoms with E-state index in [1.54, 1.807) is 0 Å². The zero-order chi connectivity index (χ0) is 13.6. The van der Waals surface area contributed by atoms with Crippen molar-refractivity contribution in [2.24, 2.45) is 5.41 Å². The van der Waals surface area contributed by atoms with E-state index in [-0.39, 0.29) is 0 Å². The maximum absolute atomic E-state index is 5.57. The van der Waals surface area contributed by atoms with Crippen LogP contribution in [0.25, 0.3) is 0 Å². The predicted molar refractivity (Wildman–Crippen MR) is 77.5 cm³/mol. The highest BCUT2D eigenvalue weighted by atomic mass is 16.5. The van der Waals surface area contributed by atoms with Gasteiger partial charge in [0.05, 0.1) is 6.10 Å². The maximum Gasteiger partial charge on any atom is 0.0698 e. The van der Waals surface area contributed by atoms with Crippen LogP contribution in [0.5, 0.6) is 0 Å². The number of hydrogen-bond donors (Lipinski definition) is 1. The molecular weight excluding hydrogens is 240 g/mol. The number of likely N-dealkylation sites (tertiary alicyclic amines) is 1. The molecule has 112 valence electrons. The first-order valence-corrected chi connectivity index (χ1v) is 7.81. The van der Waals surface area contributed by atoms with E-state index in [1.807, 2.05) is 7.11 Å². The van der Waals surface area contributed by atoms with E-state index in [1.165, 1.54) is 38.8 Å². The van der Waals surface area contributed by atoms with Crippen LogP contribution in [0.4, 0.5) is 0 Å². The van der Waals surface area contributed by atoms with Crippen molar-refractivity contribution < 1.29 is 9.47 Å². The first kappa shape index (κ1) is 15.2. The second-order valence-corrected chi connectivity index (χ2v) is 6.13. The van der Waals surface area contributed by atoms with Crippen LogP contribution in [-0.2, 0) is 9.47 Å². The van der Waals surface area contributed by atoms with Gasteiger partial charge in [0.25, 0.3) is 0 Å². The van der Waals surface area contributed by atoms with Crippen molar-refractivity contribution >= 4 is 0 Å². The molecule has 1 atom stereocenters. The zero-order valence-electron chi connectivity index (χ0n) is 12.6. The summed E-state index contributed by atoms with van der Waals surface area (Å²) in [6.07, 6.45) is 5.30. The molecule has 0 amide bonds. The molecule has 4 nitrogen and oxygen atoms in total. The van der Waals surface area contributed by atoms with Crippen LogP contribution in [-0.4, -0.2) is 64.1 Å². The van der Waals surface area contributed by atoms with E-state index < -0.39 is 0 Å². The summed E-state index contributed by atoms with van der Waals surface area (Å²) < 4.78 is 11.1. The minimum Gasteiger partial charge on any atom is -0.381 e. The van der Waals surface area contributed by atoms with Crippen molar-refractivity contribution in [1.82, 2.24) is 10.2 Å². The summed E-state index contributed by atoms with van der Waals surface area (Å²) in [6, 6.07) is 0. The first-order valence-electron chi connectivity index (χ1n) is 7.81. The van der Waals surface area contributed by atoms with Gasteiger partial charge in [-0.1, -0.05) is 6.92 Å². The molecule has 0 aliphatic carbocycles. The Hall–Kier alpha value is -0.160. The van der Waals surface area contributed by atoms with Crippen LogP contribution in [0.3, 0.4) is 0 Å². The Bertz CT molecular complexity index is 255. The van der Waals surface area contributed by atoms with E-state index in [4.69, 9.17) is 9.47 Å². The third kappa shape index (κ3) is 4.42. The van der Waals surface area contributed by atoms with Crippen LogP contribution < -0.4 is 5.32 Å². The number of hydrogen-bond acceptors (Lipinski definition) is 4. The lowest BCUT2D eigenvalue weighted by atomic mass is 9.79. The average Bonchev–Trinajstić information content (AvgIpc) is 2.46. The molecule has 4 heteroatoms. The van der Waals surface area contributed by atoms with Crippen molar-refractivity contribution in [1.29, 1.82) is 0 Å². The third-order valence-electron chi connectivity index (χ3n) is 4.66. The van der Waals surface area contributed by atoms with E-state index in [2.05, 4.69) is 17.1 Å². The largest absolute Gasteiger partial charge is 0.381 e. The Labute approximate surface area is 117 Å². The van der Waals surface area contributed by atoms with Crippen molar-refractivity contribution in [2.45, 2.75) is 38.7 Å². The summed E-state index contributed by atoms with van der Waals surface area (Å²) in [7, 11) is 1.84. The molecule has 0 spiro atoms. The molecule has 0 bridgehead atoms. The summed E-state index contributed by atoms with van der Waals surface area (Å²) in [5.41, 5.74) is 0.407. The lowest BCUT2D eigenvalue weighted by molar-refractivity contribution is -0.0271. The number of nitrogens with zero attached hydrogens (tertiary/aromatic N) is 1. The molecule has 2 aliphatic rings. The van der Waals surface area contributed by atoms with Crippen molar-refractivity contribution in [3.8, 4) is 0 Å². The fourth-order valence-corrected chi connectivity index (χ4v) is 3.41. The SMILES string of the molecule is CCNCC1(CN2CCCC(OC)C2)CCOCC1. The lowest BCUT2D eigenvalue weighted by Gasteiger charge is -2.43. The number of ether oxygens (including phenoxy) is 2. The van der Waals surface area contributed by atoms with Crippen molar-refractivity contribution in [3.63, 3.8) is 0 Å². The van der Waals surface area contributed by atoms with Gasteiger partial charge in [-0.3, -0.25) is 0 Å². The van der Waals surface area contributed by atoms with Crippen LogP contribution in [0.1, 0.15) is 32.6 Å². The highest BCUT2D eigenvalue weighted by Gasteiger charge is 2.35. The van der Waals surface area contributed by atoms with Crippen molar-refractivity contribution in [3.05, 3.63) is 0 Å². The lowest BCUT2D eigenvalue weighted by Crippen LogP contribution is -2.50. The van der Waals surface area contributed by atoms with E-state index >= 15 is 0 Å². The van der Waals surface area contributed by atoms with Gasteiger partial charge in [0.1, 0.15) is 0 Å². The highest BCUT2D eigenvalue weighted by molar-refractivity contribution is 4.88. The molecule has 2 saturated heterocycles. The van der Waals surface area contributed by atoms with Crippen molar-refractivity contribution in [2.75, 3.05) is 53.0 Å². The Morgan fingerprint density at radius 1 is 1.37 bits per heavy atom. The number of rotatable bonds is 6. The molecule has 2 heterocycles. The maximum atomic E-state index is 5.57. The molecule has 0 aromatic rings. The average molecular weight is 270 g/mol. The molecule has 0 aromatic heterocycles. The molecule has 0 saturated carbocycles. The van der Waals surface area contributed by atoms with Crippen LogP contribution in [0.15, 0.2) is 0 Å². The molecule has 2 rings (SSSR count). The van der Waals surface area contributed by atoms with Gasteiger partial charge < -0.3 is 19.7 Å². The normalized spacial score (nSPS) is 28.4. The quantitative estimate of drug-likeness (QED) is 0.793. The van der Waals surface area contributed by atoms with Crippen LogP contribution >= 0.6 is 0 Å². The minimum atomic E-state index is 0.407. The summed E-state index contributed by atoms with van der Waals surface area (Å²) in [4.78, 5) is 2.61. The Balaban J connectivity index is 1.90. The van der Waals surface area contributed by atoms with Crippen LogP contribution in [0, 0.1) is 5.41 Å². The molecule has 0 aromatic carbocycles. The topological polar surface area (TPSA) is 33.7 Å². The third-order valence-corrected chi connectivity index (χ3v) is 4.66. The Morgan fingerprint density at radius 3 is 2.84 bits per heavy atom. The Morgan fingerprint density at radius 2 is 2.16 bits per heavy atom. The molecule has 2 aliphatic heterocycles. The number of nitrogens with one attached hydrogen (secondary N) is 1. The van der Waals surface area contributed by atoms with Gasteiger partial charge in [-0.25, -0.2) is 0 Å². The van der Waals surface area contributed by atoms with Gasteiger partial charge in [0.2, 0.25) is 0 Å². The van der Waals surface area contributed by atoms with Gasteiger partial charge in [0, 0.05) is 40.0 Å². The fraction of sp³-hybridized carbons (Fsp3) is 1.00. The number of methoxy groups -OCH3 is 1. The predicted octanol–water partition coefficient (Wildman–Crippen LogP) is 1.50. The number of piperidine rings is 1. The highest BCUT2D eigenvalue weighted by Crippen LogP contribution is 2.32. The second-order valence-electron chi connectivity index (χ2n) is 6.13. The molecular formula is C15H30N2O2. The fourth-order valence-electron chi connectivity index (χ4n) is 3.41. The first-order chi connectivity index (χ1) is 9.28. The molecule has 19 heavy (non-hydrogen) atoms. The monoisotopic (exact) mass is 270 g/mol.